The molecule has 0 spiro atoms. The van der Waals surface area contributed by atoms with Gasteiger partial charge in [0.15, 0.2) is 0 Å². The molecule has 196 valence electrons. The van der Waals surface area contributed by atoms with Crippen molar-refractivity contribution < 1.29 is 4.79 Å². The third-order valence-electron chi connectivity index (χ3n) is 4.98. The van der Waals surface area contributed by atoms with Crippen LogP contribution in [0.5, 0.6) is 0 Å². The number of rotatable bonds is 6. The average molecular weight is 465 g/mol. The molecule has 0 saturated carbocycles. The van der Waals surface area contributed by atoms with Gasteiger partial charge in [0.1, 0.15) is 0 Å². The highest BCUT2D eigenvalue weighted by Gasteiger charge is 2.37. The van der Waals surface area contributed by atoms with Crippen molar-refractivity contribution in [3.8, 4) is 0 Å². The van der Waals surface area contributed by atoms with Crippen molar-refractivity contribution in [1.82, 2.24) is 9.80 Å². The van der Waals surface area contributed by atoms with Crippen LogP contribution in [0.1, 0.15) is 127 Å². The van der Waals surface area contributed by atoms with Crippen LogP contribution in [0, 0.1) is 0 Å². The summed E-state index contributed by atoms with van der Waals surface area (Å²) in [4.78, 5) is 15.9. The van der Waals surface area contributed by atoms with Crippen LogP contribution in [0.25, 0.3) is 0 Å². The fourth-order valence-corrected chi connectivity index (χ4v) is 3.02. The van der Waals surface area contributed by atoms with Crippen LogP contribution in [-0.2, 0) is 5.54 Å². The van der Waals surface area contributed by atoms with Crippen LogP contribution in [0.3, 0.4) is 0 Å². The molecule has 33 heavy (non-hydrogen) atoms. The maximum Gasteiger partial charge on any atom is 0.324 e. The Morgan fingerprint density at radius 3 is 1.64 bits per heavy atom. The maximum absolute atomic E-state index is 12.3. The molecular weight excluding hydrogens is 404 g/mol. The second kappa shape index (κ2) is 26.5. The summed E-state index contributed by atoms with van der Waals surface area (Å²) in [5.74, 6) is 0. The van der Waals surface area contributed by atoms with Crippen LogP contribution in [0.2, 0.25) is 0 Å². The second-order valence-corrected chi connectivity index (χ2v) is 7.30. The molecule has 1 fully saturated rings. The standard InChI is InChI=1S/C15H20N2O.C7H16.4C2H6/c1-12-10-11-17(14(18)16(12)4)15(2,3)13-8-6-5-7-9-13;1-3-5-7-6-4-2;4*1-2/h5-9H,1,10-11H2,2-4H3;3-7H2,1-2H3;4*1-2H3. The van der Waals surface area contributed by atoms with E-state index in [1.54, 1.807) is 11.9 Å². The van der Waals surface area contributed by atoms with Crippen LogP contribution in [0.15, 0.2) is 42.6 Å². The summed E-state index contributed by atoms with van der Waals surface area (Å²) in [6.07, 6.45) is 7.84. The number of urea groups is 1. The number of carbonyl (C=O) groups is 1. The molecule has 2 amide bonds. The molecule has 1 aromatic carbocycles. The van der Waals surface area contributed by atoms with Gasteiger partial charge >= 0.3 is 6.03 Å². The molecule has 0 N–H and O–H groups in total. The smallest absolute Gasteiger partial charge is 0.315 e. The summed E-state index contributed by atoms with van der Waals surface area (Å²) in [7, 11) is 1.79. The third kappa shape index (κ3) is 15.7. The molecule has 1 aliphatic heterocycles. The highest BCUT2D eigenvalue weighted by atomic mass is 16.2. The summed E-state index contributed by atoms with van der Waals surface area (Å²) < 4.78 is 0. The summed E-state index contributed by atoms with van der Waals surface area (Å²) in [5.41, 5.74) is 1.74. The lowest BCUT2D eigenvalue weighted by molar-refractivity contribution is 0.0984. The zero-order valence-corrected chi connectivity index (χ0v) is 24.8. The van der Waals surface area contributed by atoms with Gasteiger partial charge in [-0.25, -0.2) is 4.79 Å². The molecule has 1 heterocycles. The monoisotopic (exact) mass is 464 g/mol. The van der Waals surface area contributed by atoms with E-state index in [0.29, 0.717) is 0 Å². The van der Waals surface area contributed by atoms with E-state index in [1.807, 2.05) is 78.5 Å². The first-order valence-electron chi connectivity index (χ1n) is 13.6. The molecule has 0 atom stereocenters. The number of amides is 2. The van der Waals surface area contributed by atoms with Crippen LogP contribution < -0.4 is 0 Å². The Kier molecular flexibility index (Phi) is 30.9. The summed E-state index contributed by atoms with van der Waals surface area (Å²) >= 11 is 0. The van der Waals surface area contributed by atoms with E-state index in [-0.39, 0.29) is 11.6 Å². The highest BCUT2D eigenvalue weighted by Crippen LogP contribution is 2.32. The summed E-state index contributed by atoms with van der Waals surface area (Å²) in [6.45, 7) is 29.3. The molecule has 3 heteroatoms. The normalized spacial score (nSPS) is 12.2. The number of carbonyl (C=O) groups excluding carboxylic acids is 1. The Morgan fingerprint density at radius 1 is 0.818 bits per heavy atom. The van der Waals surface area contributed by atoms with E-state index in [0.717, 1.165) is 24.2 Å². The first-order valence-corrected chi connectivity index (χ1v) is 13.6. The van der Waals surface area contributed by atoms with E-state index in [1.165, 1.54) is 32.1 Å². The zero-order valence-electron chi connectivity index (χ0n) is 24.8. The predicted molar refractivity (Wildman–Crippen MR) is 153 cm³/mol. The molecule has 0 aromatic heterocycles. The van der Waals surface area contributed by atoms with Crippen LogP contribution in [0.4, 0.5) is 4.79 Å². The minimum absolute atomic E-state index is 0.0279. The van der Waals surface area contributed by atoms with Gasteiger partial charge in [0.05, 0.1) is 5.54 Å². The van der Waals surface area contributed by atoms with Gasteiger partial charge in [-0.3, -0.25) is 0 Å². The van der Waals surface area contributed by atoms with E-state index in [2.05, 4.69) is 46.4 Å². The van der Waals surface area contributed by atoms with Gasteiger partial charge in [0, 0.05) is 25.7 Å². The van der Waals surface area contributed by atoms with Crippen molar-refractivity contribution >= 4 is 6.03 Å². The topological polar surface area (TPSA) is 23.6 Å². The van der Waals surface area contributed by atoms with Gasteiger partial charge in [-0.1, -0.05) is 138 Å². The molecule has 1 aliphatic rings. The molecule has 0 aliphatic carbocycles. The first kappa shape index (κ1) is 38.5. The zero-order chi connectivity index (χ0) is 26.9. The van der Waals surface area contributed by atoms with Crippen molar-refractivity contribution in [2.75, 3.05) is 13.6 Å². The average Bonchev–Trinajstić information content (AvgIpc) is 2.88. The quantitative estimate of drug-likeness (QED) is 0.384. The predicted octanol–water partition coefficient (Wildman–Crippen LogP) is 10.3. The third-order valence-corrected chi connectivity index (χ3v) is 4.98. The highest BCUT2D eigenvalue weighted by molar-refractivity contribution is 5.78. The van der Waals surface area contributed by atoms with Gasteiger partial charge in [-0.05, 0) is 19.4 Å². The molecule has 2 rings (SSSR count). The second-order valence-electron chi connectivity index (χ2n) is 7.30. The van der Waals surface area contributed by atoms with Crippen molar-refractivity contribution in [3.63, 3.8) is 0 Å². The van der Waals surface area contributed by atoms with Crippen LogP contribution >= 0.6 is 0 Å². The largest absolute Gasteiger partial charge is 0.324 e. The lowest BCUT2D eigenvalue weighted by Crippen LogP contribution is -2.54. The molecule has 0 unspecified atom stereocenters. The number of hydrogen-bond donors (Lipinski definition) is 0. The SMILES string of the molecule is C=C1CCN(C(C)(C)c2ccccc2)C(=O)N1C.CC.CC.CC.CC.CCCCCCC. The molecule has 0 bridgehead atoms. The fraction of sp³-hybridized carbons (Fsp3) is 0.700. The molecule has 0 radical (unpaired) electrons. The number of hydrogen-bond acceptors (Lipinski definition) is 1. The number of unbranched alkanes of at least 4 members (excludes halogenated alkanes) is 4. The minimum Gasteiger partial charge on any atom is -0.315 e. The lowest BCUT2D eigenvalue weighted by Gasteiger charge is -2.44. The van der Waals surface area contributed by atoms with Crippen molar-refractivity contribution in [2.45, 2.75) is 127 Å². The van der Waals surface area contributed by atoms with Gasteiger partial charge in [-0.15, -0.1) is 0 Å². The molecule has 1 aromatic rings. The minimum atomic E-state index is -0.298. The summed E-state index contributed by atoms with van der Waals surface area (Å²) in [6, 6.07) is 10.2. The Labute approximate surface area is 209 Å². The molecular formula is C30H60N2O. The number of nitrogens with zero attached hydrogens (tertiary/aromatic N) is 2. The molecule has 3 nitrogen and oxygen atoms in total. The van der Waals surface area contributed by atoms with Gasteiger partial charge in [0.2, 0.25) is 0 Å². The summed E-state index contributed by atoms with van der Waals surface area (Å²) in [5, 5.41) is 0. The van der Waals surface area contributed by atoms with E-state index in [4.69, 9.17) is 0 Å². The van der Waals surface area contributed by atoms with E-state index >= 15 is 0 Å². The number of benzene rings is 1. The van der Waals surface area contributed by atoms with Gasteiger partial charge in [0.25, 0.3) is 0 Å². The van der Waals surface area contributed by atoms with E-state index in [9.17, 15) is 4.79 Å². The van der Waals surface area contributed by atoms with Crippen LogP contribution in [-0.4, -0.2) is 29.4 Å². The van der Waals surface area contributed by atoms with Crippen molar-refractivity contribution in [2.24, 2.45) is 0 Å². The van der Waals surface area contributed by atoms with Gasteiger partial charge < -0.3 is 9.80 Å². The lowest BCUT2D eigenvalue weighted by atomic mass is 9.91. The Morgan fingerprint density at radius 2 is 1.24 bits per heavy atom. The molecule has 1 saturated heterocycles. The van der Waals surface area contributed by atoms with Gasteiger partial charge in [-0.2, -0.15) is 0 Å². The maximum atomic E-state index is 12.3. The van der Waals surface area contributed by atoms with E-state index < -0.39 is 0 Å². The Balaban J connectivity index is -0.000000236. The Hall–Kier alpha value is -1.77. The first-order chi connectivity index (χ1) is 15.9. The fourth-order valence-electron chi connectivity index (χ4n) is 3.02. The van der Waals surface area contributed by atoms with Crippen molar-refractivity contribution in [3.05, 3.63) is 48.2 Å². The Bertz CT molecular complexity index is 533. The van der Waals surface area contributed by atoms with Crippen molar-refractivity contribution in [1.29, 1.82) is 0 Å².